The van der Waals surface area contributed by atoms with E-state index in [0.29, 0.717) is 16.5 Å². The highest BCUT2D eigenvalue weighted by molar-refractivity contribution is 9.10. The van der Waals surface area contributed by atoms with Crippen molar-refractivity contribution in [2.75, 3.05) is 0 Å². The van der Waals surface area contributed by atoms with E-state index in [2.05, 4.69) is 15.9 Å². The van der Waals surface area contributed by atoms with Gasteiger partial charge in [0.15, 0.2) is 17.7 Å². The molecule has 1 unspecified atom stereocenters. The number of carbonyl (C=O) groups excluding carboxylic acids is 1. The molecule has 0 bridgehead atoms. The lowest BCUT2D eigenvalue weighted by Crippen LogP contribution is -2.19. The van der Waals surface area contributed by atoms with Crippen molar-refractivity contribution in [3.63, 3.8) is 0 Å². The number of ketones is 1. The second-order valence-electron chi connectivity index (χ2n) is 3.49. The number of ether oxygens (including phenoxy) is 1. The van der Waals surface area contributed by atoms with Gasteiger partial charge in [0.1, 0.15) is 0 Å². The first-order valence-corrected chi connectivity index (χ1v) is 5.63. The minimum Gasteiger partial charge on any atom is -0.478 e. The van der Waals surface area contributed by atoms with Gasteiger partial charge < -0.3 is 4.74 Å². The number of hydrogen-bond donors (Lipinski definition) is 0. The van der Waals surface area contributed by atoms with E-state index in [4.69, 9.17) is 4.74 Å². The van der Waals surface area contributed by atoms with Crippen LogP contribution in [0.2, 0.25) is 0 Å². The number of benzene rings is 1. The van der Waals surface area contributed by atoms with Crippen molar-refractivity contribution in [1.29, 1.82) is 0 Å². The second kappa shape index (κ2) is 3.93. The van der Waals surface area contributed by atoms with E-state index in [1.807, 2.05) is 6.92 Å². The van der Waals surface area contributed by atoms with Crippen molar-refractivity contribution in [2.45, 2.75) is 25.9 Å². The molecular formula is C11H10BrFO2. The SMILES string of the molecule is CCCC1Oc2c(F)ccc(Br)c2C1=O. The van der Waals surface area contributed by atoms with Crippen LogP contribution in [0.4, 0.5) is 4.39 Å². The van der Waals surface area contributed by atoms with Crippen LogP contribution in [0.25, 0.3) is 0 Å². The first kappa shape index (κ1) is 10.6. The third-order valence-electron chi connectivity index (χ3n) is 2.41. The Morgan fingerprint density at radius 1 is 1.53 bits per heavy atom. The van der Waals surface area contributed by atoms with Gasteiger partial charge in [-0.2, -0.15) is 0 Å². The Bertz CT molecular complexity index is 417. The molecule has 4 heteroatoms. The monoisotopic (exact) mass is 272 g/mol. The second-order valence-corrected chi connectivity index (χ2v) is 4.35. The van der Waals surface area contributed by atoms with Crippen LogP contribution in [0.3, 0.4) is 0 Å². The van der Waals surface area contributed by atoms with Gasteiger partial charge in [-0.25, -0.2) is 4.39 Å². The van der Waals surface area contributed by atoms with Gasteiger partial charge in [-0.1, -0.05) is 13.3 Å². The predicted octanol–water partition coefficient (Wildman–Crippen LogP) is 3.33. The normalized spacial score (nSPS) is 18.9. The number of rotatable bonds is 2. The summed E-state index contributed by atoms with van der Waals surface area (Å²) in [6.07, 6.45) is 0.946. The summed E-state index contributed by atoms with van der Waals surface area (Å²) in [5.74, 6) is -0.508. The zero-order valence-electron chi connectivity index (χ0n) is 8.22. The summed E-state index contributed by atoms with van der Waals surface area (Å²) >= 11 is 3.23. The first-order chi connectivity index (χ1) is 7.15. The molecule has 1 aromatic carbocycles. The van der Waals surface area contributed by atoms with Gasteiger partial charge in [0, 0.05) is 4.47 Å². The number of Topliss-reactive ketones (excluding diaryl/α,β-unsaturated/α-hetero) is 1. The number of hydrogen-bond acceptors (Lipinski definition) is 2. The maximum Gasteiger partial charge on any atom is 0.208 e. The molecule has 1 aliphatic heterocycles. The average Bonchev–Trinajstić information content (AvgIpc) is 2.53. The fourth-order valence-corrected chi connectivity index (χ4v) is 2.19. The van der Waals surface area contributed by atoms with Crippen LogP contribution in [0.1, 0.15) is 30.1 Å². The molecule has 0 aromatic heterocycles. The van der Waals surface area contributed by atoms with Gasteiger partial charge in [-0.3, -0.25) is 4.79 Å². The first-order valence-electron chi connectivity index (χ1n) is 4.84. The van der Waals surface area contributed by atoms with Gasteiger partial charge >= 0.3 is 0 Å². The quantitative estimate of drug-likeness (QED) is 0.826. The maximum absolute atomic E-state index is 13.4. The van der Waals surface area contributed by atoms with E-state index in [0.717, 1.165) is 6.42 Å². The number of fused-ring (bicyclic) bond motifs is 1. The minimum atomic E-state index is -0.516. The zero-order valence-corrected chi connectivity index (χ0v) is 9.80. The molecule has 15 heavy (non-hydrogen) atoms. The third kappa shape index (κ3) is 1.67. The number of halogens is 2. The Hall–Kier alpha value is -0.900. The smallest absolute Gasteiger partial charge is 0.208 e. The van der Waals surface area contributed by atoms with Crippen LogP contribution in [0, 0.1) is 5.82 Å². The molecule has 2 nitrogen and oxygen atoms in total. The van der Waals surface area contributed by atoms with Crippen LogP contribution in [0.15, 0.2) is 16.6 Å². The summed E-state index contributed by atoms with van der Waals surface area (Å²) < 4.78 is 19.3. The molecular weight excluding hydrogens is 263 g/mol. The number of carbonyl (C=O) groups is 1. The molecule has 0 spiro atoms. The molecule has 1 heterocycles. The lowest BCUT2D eigenvalue weighted by atomic mass is 10.1. The van der Waals surface area contributed by atoms with E-state index < -0.39 is 11.9 Å². The standard InChI is InChI=1S/C11H10BrFO2/c1-2-3-8-10(14)9-6(12)4-5-7(13)11(9)15-8/h4-5,8H,2-3H2,1H3. The summed E-state index contributed by atoms with van der Waals surface area (Å²) in [5.41, 5.74) is 0.341. The molecule has 0 fully saturated rings. The van der Waals surface area contributed by atoms with Gasteiger partial charge in [0.25, 0.3) is 0 Å². The molecule has 0 saturated carbocycles. The summed E-state index contributed by atoms with van der Waals surface area (Å²) in [7, 11) is 0. The molecule has 2 rings (SSSR count). The van der Waals surface area contributed by atoms with Crippen molar-refractivity contribution < 1.29 is 13.9 Å². The van der Waals surface area contributed by atoms with Gasteiger partial charge in [0.2, 0.25) is 5.78 Å². The topological polar surface area (TPSA) is 26.3 Å². The van der Waals surface area contributed by atoms with Crippen molar-refractivity contribution >= 4 is 21.7 Å². The highest BCUT2D eigenvalue weighted by atomic mass is 79.9. The molecule has 0 amide bonds. The van der Waals surface area contributed by atoms with Crippen LogP contribution in [0.5, 0.6) is 5.75 Å². The molecule has 1 atom stereocenters. The predicted molar refractivity (Wildman–Crippen MR) is 57.8 cm³/mol. The maximum atomic E-state index is 13.4. The highest BCUT2D eigenvalue weighted by Crippen LogP contribution is 2.37. The molecule has 0 radical (unpaired) electrons. The van der Waals surface area contributed by atoms with Gasteiger partial charge in [0.05, 0.1) is 5.56 Å². The zero-order chi connectivity index (χ0) is 11.0. The third-order valence-corrected chi connectivity index (χ3v) is 3.07. The van der Waals surface area contributed by atoms with Crippen molar-refractivity contribution in [3.8, 4) is 5.75 Å². The molecule has 1 aromatic rings. The lowest BCUT2D eigenvalue weighted by molar-refractivity contribution is 0.0842. The summed E-state index contributed by atoms with van der Waals surface area (Å²) in [6.45, 7) is 1.96. The van der Waals surface area contributed by atoms with E-state index in [1.165, 1.54) is 12.1 Å². The van der Waals surface area contributed by atoms with Crippen LogP contribution >= 0.6 is 15.9 Å². The molecule has 0 saturated heterocycles. The van der Waals surface area contributed by atoms with E-state index in [1.54, 1.807) is 0 Å². The highest BCUT2D eigenvalue weighted by Gasteiger charge is 2.35. The summed E-state index contributed by atoms with van der Waals surface area (Å²) in [4.78, 5) is 11.8. The van der Waals surface area contributed by atoms with Crippen molar-refractivity contribution in [2.24, 2.45) is 0 Å². The Morgan fingerprint density at radius 3 is 2.87 bits per heavy atom. The fraction of sp³-hybridized carbons (Fsp3) is 0.364. The Labute approximate surface area is 95.6 Å². The molecule has 0 aliphatic carbocycles. The Balaban J connectivity index is 2.44. The van der Waals surface area contributed by atoms with Gasteiger partial charge in [-0.15, -0.1) is 0 Å². The fourth-order valence-electron chi connectivity index (χ4n) is 1.69. The molecule has 1 aliphatic rings. The molecule has 80 valence electrons. The lowest BCUT2D eigenvalue weighted by Gasteiger charge is -2.06. The van der Waals surface area contributed by atoms with Crippen LogP contribution in [-0.2, 0) is 0 Å². The van der Waals surface area contributed by atoms with E-state index >= 15 is 0 Å². The van der Waals surface area contributed by atoms with Crippen molar-refractivity contribution in [3.05, 3.63) is 28.0 Å². The minimum absolute atomic E-state index is 0.0906. The largest absolute Gasteiger partial charge is 0.478 e. The van der Waals surface area contributed by atoms with E-state index in [-0.39, 0.29) is 11.5 Å². The van der Waals surface area contributed by atoms with Gasteiger partial charge in [-0.05, 0) is 34.5 Å². The Kier molecular flexibility index (Phi) is 2.78. The van der Waals surface area contributed by atoms with Crippen LogP contribution in [-0.4, -0.2) is 11.9 Å². The molecule has 0 N–H and O–H groups in total. The van der Waals surface area contributed by atoms with Crippen molar-refractivity contribution in [1.82, 2.24) is 0 Å². The average molecular weight is 273 g/mol. The Morgan fingerprint density at radius 2 is 2.27 bits per heavy atom. The summed E-state index contributed by atoms with van der Waals surface area (Å²) in [6, 6.07) is 2.83. The van der Waals surface area contributed by atoms with E-state index in [9.17, 15) is 9.18 Å². The summed E-state index contributed by atoms with van der Waals surface area (Å²) in [5, 5.41) is 0. The van der Waals surface area contributed by atoms with Crippen LogP contribution < -0.4 is 4.74 Å².